The van der Waals surface area contributed by atoms with E-state index in [0.29, 0.717) is 41.0 Å². The number of nitrogens with one attached hydrogen (secondary N) is 2. The van der Waals surface area contributed by atoms with Gasteiger partial charge in [0, 0.05) is 18.2 Å². The number of benzene rings is 2. The van der Waals surface area contributed by atoms with Crippen molar-refractivity contribution >= 4 is 46.4 Å². The maximum atomic E-state index is 12.6. The maximum absolute atomic E-state index is 12.6. The number of amides is 2. The van der Waals surface area contributed by atoms with E-state index in [4.69, 9.17) is 32.7 Å². The van der Waals surface area contributed by atoms with Crippen molar-refractivity contribution in [2.75, 3.05) is 24.4 Å². The van der Waals surface area contributed by atoms with Gasteiger partial charge in [0.1, 0.15) is 0 Å². The number of carbonyl (C=O) groups is 2. The molecule has 0 heterocycles. The highest BCUT2D eigenvalue weighted by Gasteiger charge is 2.17. The first-order valence-corrected chi connectivity index (χ1v) is 9.35. The van der Waals surface area contributed by atoms with E-state index in [2.05, 4.69) is 10.6 Å². The van der Waals surface area contributed by atoms with E-state index in [0.717, 1.165) is 0 Å². The largest absolute Gasteiger partial charge is 0.493 e. The van der Waals surface area contributed by atoms with E-state index in [1.54, 1.807) is 24.3 Å². The molecule has 0 aliphatic heterocycles. The van der Waals surface area contributed by atoms with Gasteiger partial charge in [0.15, 0.2) is 11.5 Å². The molecule has 0 fully saturated rings. The van der Waals surface area contributed by atoms with Crippen LogP contribution in [-0.2, 0) is 4.79 Å². The van der Waals surface area contributed by atoms with Gasteiger partial charge in [-0.2, -0.15) is 0 Å². The fourth-order valence-corrected chi connectivity index (χ4v) is 2.83. The molecule has 0 saturated carbocycles. The van der Waals surface area contributed by atoms with Crippen molar-refractivity contribution in [3.8, 4) is 11.5 Å². The number of carbonyl (C=O) groups excluding carboxylic acids is 2. The molecule has 2 amide bonds. The molecule has 0 radical (unpaired) electrons. The van der Waals surface area contributed by atoms with Gasteiger partial charge in [0.25, 0.3) is 5.91 Å². The quantitative estimate of drug-likeness (QED) is 0.636. The third kappa shape index (κ3) is 5.78. The second kappa shape index (κ2) is 9.66. The number of hydrogen-bond acceptors (Lipinski definition) is 4. The van der Waals surface area contributed by atoms with E-state index >= 15 is 0 Å². The first-order valence-electron chi connectivity index (χ1n) is 8.60. The van der Waals surface area contributed by atoms with E-state index in [-0.39, 0.29) is 16.0 Å². The Hall–Kier alpha value is -2.44. The highest BCUT2D eigenvalue weighted by Crippen LogP contribution is 2.37. The predicted molar refractivity (Wildman–Crippen MR) is 112 cm³/mol. The maximum Gasteiger partial charge on any atom is 0.255 e. The van der Waals surface area contributed by atoms with Crippen molar-refractivity contribution in [2.24, 2.45) is 5.92 Å². The first kappa shape index (κ1) is 21.9. The molecular formula is C20H22Cl2N2O4. The zero-order valence-corrected chi connectivity index (χ0v) is 17.6. The van der Waals surface area contributed by atoms with Gasteiger partial charge < -0.3 is 20.1 Å². The Labute approximate surface area is 174 Å². The minimum atomic E-state index is -0.412. The smallest absolute Gasteiger partial charge is 0.255 e. The molecule has 0 saturated heterocycles. The molecule has 0 aliphatic rings. The summed E-state index contributed by atoms with van der Waals surface area (Å²) in [6.45, 7) is 5.90. The summed E-state index contributed by atoms with van der Waals surface area (Å²) < 4.78 is 11.0. The first-order chi connectivity index (χ1) is 13.2. The summed E-state index contributed by atoms with van der Waals surface area (Å²) in [6.07, 6.45) is 0. The molecule has 0 atom stereocenters. The third-order valence-electron chi connectivity index (χ3n) is 3.59. The van der Waals surface area contributed by atoms with Crippen molar-refractivity contribution in [3.63, 3.8) is 0 Å². The number of methoxy groups -OCH3 is 1. The lowest BCUT2D eigenvalue weighted by atomic mass is 10.1. The molecule has 0 aliphatic carbocycles. The number of ether oxygens (including phenoxy) is 2. The van der Waals surface area contributed by atoms with E-state index in [9.17, 15) is 9.59 Å². The van der Waals surface area contributed by atoms with Crippen LogP contribution < -0.4 is 20.1 Å². The Kier molecular flexibility index (Phi) is 7.54. The Morgan fingerprint density at radius 1 is 1.07 bits per heavy atom. The minimum absolute atomic E-state index is 0.214. The van der Waals surface area contributed by atoms with Crippen LogP contribution in [0.1, 0.15) is 31.1 Å². The molecule has 2 rings (SSSR count). The predicted octanol–water partition coefficient (Wildman–Crippen LogP) is 5.25. The number of halogens is 2. The Morgan fingerprint density at radius 3 is 2.36 bits per heavy atom. The summed E-state index contributed by atoms with van der Waals surface area (Å²) in [5.41, 5.74) is 1.23. The SMILES string of the molecule is COc1cc(C(=O)Nc2ccc(NC(C)=O)cc2Cl)cc(Cl)c1OCC(C)C. The molecule has 0 bridgehead atoms. The lowest BCUT2D eigenvalue weighted by Gasteiger charge is -2.15. The van der Waals surface area contributed by atoms with Crippen molar-refractivity contribution in [3.05, 3.63) is 45.9 Å². The standard InChI is InChI=1S/C20H22Cl2N2O4/c1-11(2)10-28-19-16(22)7-13(8-18(19)27-4)20(26)24-17-6-5-14(9-15(17)21)23-12(3)25/h5-9,11H,10H2,1-4H3,(H,23,25)(H,24,26). The van der Waals surface area contributed by atoms with Crippen LogP contribution in [0.5, 0.6) is 11.5 Å². The summed E-state index contributed by atoms with van der Waals surface area (Å²) in [5.74, 6) is 0.447. The lowest BCUT2D eigenvalue weighted by molar-refractivity contribution is -0.114. The van der Waals surface area contributed by atoms with Crippen molar-refractivity contribution < 1.29 is 19.1 Å². The normalized spacial score (nSPS) is 10.5. The van der Waals surface area contributed by atoms with Gasteiger partial charge >= 0.3 is 0 Å². The molecule has 8 heteroatoms. The third-order valence-corrected chi connectivity index (χ3v) is 4.18. The van der Waals surface area contributed by atoms with Crippen LogP contribution >= 0.6 is 23.2 Å². The molecule has 0 unspecified atom stereocenters. The molecule has 2 N–H and O–H groups in total. The van der Waals surface area contributed by atoms with Gasteiger partial charge in [-0.1, -0.05) is 37.0 Å². The van der Waals surface area contributed by atoms with Crippen LogP contribution in [0.3, 0.4) is 0 Å². The lowest BCUT2D eigenvalue weighted by Crippen LogP contribution is -2.13. The van der Waals surface area contributed by atoms with Gasteiger partial charge in [0.05, 0.1) is 29.4 Å². The molecular weight excluding hydrogens is 403 g/mol. The Morgan fingerprint density at radius 2 is 1.79 bits per heavy atom. The number of hydrogen-bond donors (Lipinski definition) is 2. The summed E-state index contributed by atoms with van der Waals surface area (Å²) >= 11 is 12.5. The van der Waals surface area contributed by atoms with Gasteiger partial charge in [-0.3, -0.25) is 9.59 Å². The fraction of sp³-hybridized carbons (Fsp3) is 0.300. The van der Waals surface area contributed by atoms with Gasteiger partial charge in [-0.25, -0.2) is 0 Å². The van der Waals surface area contributed by atoms with Crippen LogP contribution in [0.15, 0.2) is 30.3 Å². The van der Waals surface area contributed by atoms with E-state index in [1.807, 2.05) is 13.8 Å². The van der Waals surface area contributed by atoms with Crippen LogP contribution in [0.4, 0.5) is 11.4 Å². The van der Waals surface area contributed by atoms with Crippen LogP contribution in [-0.4, -0.2) is 25.5 Å². The van der Waals surface area contributed by atoms with Gasteiger partial charge in [-0.05, 0) is 36.2 Å². The summed E-state index contributed by atoms with van der Waals surface area (Å²) in [6, 6.07) is 7.85. The van der Waals surface area contributed by atoms with Crippen LogP contribution in [0.2, 0.25) is 10.0 Å². The Balaban J connectivity index is 2.22. The van der Waals surface area contributed by atoms with E-state index < -0.39 is 5.91 Å². The topological polar surface area (TPSA) is 76.7 Å². The molecule has 2 aromatic rings. The molecule has 28 heavy (non-hydrogen) atoms. The van der Waals surface area contributed by atoms with Crippen molar-refractivity contribution in [1.82, 2.24) is 0 Å². The second-order valence-corrected chi connectivity index (χ2v) is 7.34. The highest BCUT2D eigenvalue weighted by atomic mass is 35.5. The number of rotatable bonds is 7. The molecule has 2 aromatic carbocycles. The average molecular weight is 425 g/mol. The zero-order chi connectivity index (χ0) is 20.8. The van der Waals surface area contributed by atoms with E-state index in [1.165, 1.54) is 20.1 Å². The monoisotopic (exact) mass is 424 g/mol. The molecule has 0 spiro atoms. The average Bonchev–Trinajstić information content (AvgIpc) is 2.61. The Bertz CT molecular complexity index is 885. The number of anilines is 2. The highest BCUT2D eigenvalue weighted by molar-refractivity contribution is 6.34. The summed E-state index contributed by atoms with van der Waals surface area (Å²) in [7, 11) is 1.48. The second-order valence-electron chi connectivity index (χ2n) is 6.52. The fourth-order valence-electron chi connectivity index (χ4n) is 2.33. The van der Waals surface area contributed by atoms with Crippen LogP contribution in [0, 0.1) is 5.92 Å². The van der Waals surface area contributed by atoms with Gasteiger partial charge in [0.2, 0.25) is 5.91 Å². The zero-order valence-electron chi connectivity index (χ0n) is 16.1. The summed E-state index contributed by atoms with van der Waals surface area (Å²) in [5, 5.41) is 5.90. The summed E-state index contributed by atoms with van der Waals surface area (Å²) in [4.78, 5) is 23.7. The molecule has 6 nitrogen and oxygen atoms in total. The van der Waals surface area contributed by atoms with Crippen molar-refractivity contribution in [1.29, 1.82) is 0 Å². The molecule has 0 aromatic heterocycles. The van der Waals surface area contributed by atoms with Crippen LogP contribution in [0.25, 0.3) is 0 Å². The minimum Gasteiger partial charge on any atom is -0.493 e. The molecule has 150 valence electrons. The van der Waals surface area contributed by atoms with Gasteiger partial charge in [-0.15, -0.1) is 0 Å². The van der Waals surface area contributed by atoms with Crippen molar-refractivity contribution in [2.45, 2.75) is 20.8 Å².